The highest BCUT2D eigenvalue weighted by Crippen LogP contribution is 2.16. The highest BCUT2D eigenvalue weighted by molar-refractivity contribution is 5.92. The molecule has 1 aliphatic rings. The second-order valence-corrected chi connectivity index (χ2v) is 7.23. The van der Waals surface area contributed by atoms with Crippen LogP contribution in [0.15, 0.2) is 23.0 Å². The van der Waals surface area contributed by atoms with E-state index in [1.54, 1.807) is 29.9 Å². The molecule has 0 aromatic carbocycles. The SMILES string of the molecule is Cc1cc(C(=O)NCC2CCCCN2CCn2nc(C)ccc2=O)n(C)n1. The predicted molar refractivity (Wildman–Crippen MR) is 103 cm³/mol. The second kappa shape index (κ2) is 8.47. The minimum atomic E-state index is -0.0970. The number of carbonyl (C=O) groups excluding carboxylic acids is 1. The van der Waals surface area contributed by atoms with Gasteiger partial charge >= 0.3 is 0 Å². The van der Waals surface area contributed by atoms with E-state index >= 15 is 0 Å². The van der Waals surface area contributed by atoms with Crippen LogP contribution in [0, 0.1) is 13.8 Å². The summed E-state index contributed by atoms with van der Waals surface area (Å²) >= 11 is 0. The molecule has 1 saturated heterocycles. The summed E-state index contributed by atoms with van der Waals surface area (Å²) in [5.41, 5.74) is 2.17. The maximum absolute atomic E-state index is 12.4. The summed E-state index contributed by atoms with van der Waals surface area (Å²) in [7, 11) is 1.78. The molecule has 8 heteroatoms. The van der Waals surface area contributed by atoms with Gasteiger partial charge < -0.3 is 5.32 Å². The number of carbonyl (C=O) groups is 1. The highest BCUT2D eigenvalue weighted by Gasteiger charge is 2.23. The first-order valence-corrected chi connectivity index (χ1v) is 9.51. The van der Waals surface area contributed by atoms with E-state index in [4.69, 9.17) is 0 Å². The molecule has 1 N–H and O–H groups in total. The van der Waals surface area contributed by atoms with Crippen molar-refractivity contribution in [3.05, 3.63) is 45.6 Å². The minimum absolute atomic E-state index is 0.0750. The van der Waals surface area contributed by atoms with Crippen LogP contribution in [0.3, 0.4) is 0 Å². The van der Waals surface area contributed by atoms with Crippen molar-refractivity contribution in [3.63, 3.8) is 0 Å². The normalized spacial score (nSPS) is 17.8. The van der Waals surface area contributed by atoms with Crippen LogP contribution in [-0.2, 0) is 13.6 Å². The summed E-state index contributed by atoms with van der Waals surface area (Å²) < 4.78 is 3.14. The Morgan fingerprint density at radius 3 is 2.74 bits per heavy atom. The lowest BCUT2D eigenvalue weighted by atomic mass is 10.0. The minimum Gasteiger partial charge on any atom is -0.349 e. The Labute approximate surface area is 159 Å². The number of nitrogens with zero attached hydrogens (tertiary/aromatic N) is 5. The van der Waals surface area contributed by atoms with E-state index in [-0.39, 0.29) is 17.5 Å². The number of nitrogens with one attached hydrogen (secondary N) is 1. The first kappa shape index (κ1) is 19.3. The summed E-state index contributed by atoms with van der Waals surface area (Å²) in [5.74, 6) is -0.0970. The van der Waals surface area contributed by atoms with Crippen LogP contribution in [0.5, 0.6) is 0 Å². The topological polar surface area (TPSA) is 85.0 Å². The third-order valence-electron chi connectivity index (χ3n) is 5.08. The summed E-state index contributed by atoms with van der Waals surface area (Å²) in [4.78, 5) is 26.7. The number of piperidine rings is 1. The standard InChI is InChI=1S/C19H28N6O2/c1-14-7-8-18(26)25(22-14)11-10-24-9-5-4-6-16(24)13-20-19(27)17-12-15(2)21-23(17)3/h7-8,12,16H,4-6,9-11,13H2,1-3H3,(H,20,27). The van der Waals surface area contributed by atoms with Gasteiger partial charge in [0.2, 0.25) is 0 Å². The van der Waals surface area contributed by atoms with Gasteiger partial charge in [-0.25, -0.2) is 4.68 Å². The molecule has 0 saturated carbocycles. The van der Waals surface area contributed by atoms with Gasteiger partial charge in [0, 0.05) is 32.2 Å². The number of likely N-dealkylation sites (tertiary alicyclic amines) is 1. The second-order valence-electron chi connectivity index (χ2n) is 7.23. The quantitative estimate of drug-likeness (QED) is 0.814. The van der Waals surface area contributed by atoms with E-state index in [0.717, 1.165) is 43.7 Å². The first-order valence-electron chi connectivity index (χ1n) is 9.51. The average molecular weight is 372 g/mol. The lowest BCUT2D eigenvalue weighted by Crippen LogP contribution is -2.48. The molecule has 3 heterocycles. The number of amides is 1. The van der Waals surface area contributed by atoms with Crippen molar-refractivity contribution in [2.24, 2.45) is 7.05 Å². The van der Waals surface area contributed by atoms with Crippen LogP contribution in [-0.4, -0.2) is 56.0 Å². The molecular weight excluding hydrogens is 344 g/mol. The third kappa shape index (κ3) is 4.82. The van der Waals surface area contributed by atoms with Gasteiger partial charge in [-0.05, 0) is 45.4 Å². The fourth-order valence-electron chi connectivity index (χ4n) is 3.64. The molecule has 1 unspecified atom stereocenters. The number of aromatic nitrogens is 4. The summed E-state index contributed by atoms with van der Waals surface area (Å²) in [6.45, 7) is 6.65. The largest absolute Gasteiger partial charge is 0.349 e. The van der Waals surface area contributed by atoms with E-state index in [2.05, 4.69) is 20.4 Å². The van der Waals surface area contributed by atoms with Crippen molar-refractivity contribution >= 4 is 5.91 Å². The number of rotatable bonds is 6. The molecule has 27 heavy (non-hydrogen) atoms. The Kier molecular flexibility index (Phi) is 6.05. The van der Waals surface area contributed by atoms with E-state index in [1.165, 1.54) is 4.68 Å². The molecule has 3 rings (SSSR count). The Bertz CT molecular complexity index is 856. The van der Waals surface area contributed by atoms with Crippen molar-refractivity contribution in [1.82, 2.24) is 29.8 Å². The lowest BCUT2D eigenvalue weighted by Gasteiger charge is -2.35. The molecule has 1 atom stereocenters. The van der Waals surface area contributed by atoms with Crippen molar-refractivity contribution in [3.8, 4) is 0 Å². The molecule has 0 aliphatic carbocycles. The van der Waals surface area contributed by atoms with Crippen molar-refractivity contribution < 1.29 is 4.79 Å². The van der Waals surface area contributed by atoms with Crippen LogP contribution in [0.25, 0.3) is 0 Å². The van der Waals surface area contributed by atoms with Crippen molar-refractivity contribution in [2.45, 2.75) is 45.7 Å². The Morgan fingerprint density at radius 1 is 1.19 bits per heavy atom. The molecule has 2 aromatic heterocycles. The zero-order valence-corrected chi connectivity index (χ0v) is 16.3. The van der Waals surface area contributed by atoms with E-state index in [9.17, 15) is 9.59 Å². The Hall–Kier alpha value is -2.48. The third-order valence-corrected chi connectivity index (χ3v) is 5.08. The molecule has 0 spiro atoms. The van der Waals surface area contributed by atoms with E-state index in [1.807, 2.05) is 13.8 Å². The first-order chi connectivity index (χ1) is 12.9. The monoisotopic (exact) mass is 372 g/mol. The Morgan fingerprint density at radius 2 is 2.00 bits per heavy atom. The van der Waals surface area contributed by atoms with Gasteiger partial charge in [-0.2, -0.15) is 10.2 Å². The maximum Gasteiger partial charge on any atom is 0.269 e. The molecule has 146 valence electrons. The van der Waals surface area contributed by atoms with E-state index in [0.29, 0.717) is 18.8 Å². The summed E-state index contributed by atoms with van der Waals surface area (Å²) in [6.07, 6.45) is 3.34. The zero-order chi connectivity index (χ0) is 19.4. The fourth-order valence-corrected chi connectivity index (χ4v) is 3.64. The van der Waals surface area contributed by atoms with Gasteiger partial charge in [0.1, 0.15) is 5.69 Å². The van der Waals surface area contributed by atoms with Gasteiger partial charge in [0.05, 0.1) is 17.9 Å². The van der Waals surface area contributed by atoms with Crippen LogP contribution < -0.4 is 10.9 Å². The molecule has 0 radical (unpaired) electrons. The average Bonchev–Trinajstić information content (AvgIpc) is 2.99. The number of aryl methyl sites for hydroxylation is 3. The van der Waals surface area contributed by atoms with Crippen LogP contribution >= 0.6 is 0 Å². The van der Waals surface area contributed by atoms with Crippen LogP contribution in [0.2, 0.25) is 0 Å². The molecular formula is C19H28N6O2. The van der Waals surface area contributed by atoms with E-state index < -0.39 is 0 Å². The fraction of sp³-hybridized carbons (Fsp3) is 0.579. The van der Waals surface area contributed by atoms with Gasteiger partial charge in [-0.3, -0.25) is 19.2 Å². The highest BCUT2D eigenvalue weighted by atomic mass is 16.2. The smallest absolute Gasteiger partial charge is 0.269 e. The number of hydrogen-bond acceptors (Lipinski definition) is 5. The summed E-state index contributed by atoms with van der Waals surface area (Å²) in [5, 5.41) is 11.6. The Balaban J connectivity index is 1.58. The van der Waals surface area contributed by atoms with Crippen LogP contribution in [0.1, 0.15) is 41.1 Å². The van der Waals surface area contributed by atoms with Crippen molar-refractivity contribution in [1.29, 1.82) is 0 Å². The van der Waals surface area contributed by atoms with Crippen molar-refractivity contribution in [2.75, 3.05) is 19.6 Å². The molecule has 1 fully saturated rings. The lowest BCUT2D eigenvalue weighted by molar-refractivity contribution is 0.0900. The molecule has 1 amide bonds. The summed E-state index contributed by atoms with van der Waals surface area (Å²) in [6, 6.07) is 5.37. The van der Waals surface area contributed by atoms with Gasteiger partial charge in [0.25, 0.3) is 11.5 Å². The molecule has 2 aromatic rings. The van der Waals surface area contributed by atoms with Gasteiger partial charge in [-0.15, -0.1) is 0 Å². The van der Waals surface area contributed by atoms with Gasteiger partial charge in [0.15, 0.2) is 0 Å². The van der Waals surface area contributed by atoms with Gasteiger partial charge in [-0.1, -0.05) is 6.42 Å². The molecule has 1 aliphatic heterocycles. The number of hydrogen-bond donors (Lipinski definition) is 1. The maximum atomic E-state index is 12.4. The predicted octanol–water partition coefficient (Wildman–Crippen LogP) is 0.878. The zero-order valence-electron chi connectivity index (χ0n) is 16.3. The molecule has 8 nitrogen and oxygen atoms in total. The molecule has 0 bridgehead atoms. The van der Waals surface area contributed by atoms with Crippen LogP contribution in [0.4, 0.5) is 0 Å².